The van der Waals surface area contributed by atoms with Crippen LogP contribution in [0, 0.1) is 6.92 Å². The first-order valence-electron chi connectivity index (χ1n) is 7.16. The molecule has 0 saturated carbocycles. The predicted molar refractivity (Wildman–Crippen MR) is 86.6 cm³/mol. The molecule has 1 aliphatic rings. The number of guanidine groups is 1. The van der Waals surface area contributed by atoms with E-state index in [-0.39, 0.29) is 11.9 Å². The summed E-state index contributed by atoms with van der Waals surface area (Å²) in [5.74, 6) is 0.187. The van der Waals surface area contributed by atoms with Gasteiger partial charge in [-0.3, -0.25) is 9.97 Å². The molecule has 3 rings (SSSR count). The van der Waals surface area contributed by atoms with E-state index in [1.807, 2.05) is 37.4 Å². The highest BCUT2D eigenvalue weighted by atomic mass is 15.3. The number of rotatable bonds is 2. The van der Waals surface area contributed by atoms with E-state index in [9.17, 15) is 0 Å². The van der Waals surface area contributed by atoms with Gasteiger partial charge in [-0.2, -0.15) is 5.10 Å². The smallest absolute Gasteiger partial charge is 0.211 e. The molecule has 22 heavy (non-hydrogen) atoms. The third kappa shape index (κ3) is 2.81. The summed E-state index contributed by atoms with van der Waals surface area (Å²) < 4.78 is 0. The molecule has 2 aromatic rings. The number of pyridine rings is 2. The predicted octanol–water partition coefficient (Wildman–Crippen LogP) is 1.49. The lowest BCUT2D eigenvalue weighted by Crippen LogP contribution is -2.24. The van der Waals surface area contributed by atoms with Gasteiger partial charge in [0, 0.05) is 36.0 Å². The van der Waals surface area contributed by atoms with Crippen molar-refractivity contribution >= 4 is 11.7 Å². The van der Waals surface area contributed by atoms with Crippen LogP contribution in [0.2, 0.25) is 0 Å². The van der Waals surface area contributed by atoms with E-state index in [0.29, 0.717) is 0 Å². The lowest BCUT2D eigenvalue weighted by atomic mass is 9.82. The Morgan fingerprint density at radius 2 is 2.00 bits per heavy atom. The zero-order valence-corrected chi connectivity index (χ0v) is 12.4. The van der Waals surface area contributed by atoms with E-state index < -0.39 is 0 Å². The highest BCUT2D eigenvalue weighted by Gasteiger charge is 2.27. The van der Waals surface area contributed by atoms with Crippen LogP contribution in [-0.2, 0) is 6.42 Å². The van der Waals surface area contributed by atoms with Crippen LogP contribution >= 0.6 is 0 Å². The lowest BCUT2D eigenvalue weighted by Gasteiger charge is -2.25. The van der Waals surface area contributed by atoms with Crippen molar-refractivity contribution in [3.63, 3.8) is 0 Å². The molecule has 0 spiro atoms. The first-order chi connectivity index (χ1) is 10.6. The summed E-state index contributed by atoms with van der Waals surface area (Å²) in [6.45, 7) is 2.05. The van der Waals surface area contributed by atoms with Gasteiger partial charge < -0.3 is 11.5 Å². The largest absolute Gasteiger partial charge is 0.369 e. The van der Waals surface area contributed by atoms with Crippen molar-refractivity contribution in [1.29, 1.82) is 0 Å². The Morgan fingerprint density at radius 3 is 2.73 bits per heavy atom. The summed E-state index contributed by atoms with van der Waals surface area (Å²) in [4.78, 5) is 8.97. The Morgan fingerprint density at radius 1 is 1.14 bits per heavy atom. The molecular weight excluding hydrogens is 276 g/mol. The quantitative estimate of drug-likeness (QED) is 0.497. The fourth-order valence-electron chi connectivity index (χ4n) is 2.84. The van der Waals surface area contributed by atoms with E-state index in [1.54, 1.807) is 6.20 Å². The van der Waals surface area contributed by atoms with Crippen LogP contribution < -0.4 is 11.5 Å². The maximum atomic E-state index is 5.41. The van der Waals surface area contributed by atoms with Gasteiger partial charge in [0.15, 0.2) is 0 Å². The van der Waals surface area contributed by atoms with Gasteiger partial charge in [0.05, 0.1) is 11.4 Å². The highest BCUT2D eigenvalue weighted by Crippen LogP contribution is 2.32. The van der Waals surface area contributed by atoms with E-state index in [0.717, 1.165) is 41.1 Å². The van der Waals surface area contributed by atoms with Crippen LogP contribution in [0.15, 0.2) is 46.9 Å². The maximum Gasteiger partial charge on any atom is 0.211 e. The van der Waals surface area contributed by atoms with Crippen molar-refractivity contribution in [2.45, 2.75) is 25.7 Å². The highest BCUT2D eigenvalue weighted by molar-refractivity contribution is 6.04. The molecule has 1 aliphatic carbocycles. The number of aromatic nitrogens is 2. The summed E-state index contributed by atoms with van der Waals surface area (Å²) in [5.41, 5.74) is 15.9. The van der Waals surface area contributed by atoms with Crippen LogP contribution in [0.1, 0.15) is 34.9 Å². The van der Waals surface area contributed by atoms with Crippen LogP contribution in [0.25, 0.3) is 0 Å². The van der Waals surface area contributed by atoms with Crippen molar-refractivity contribution in [2.75, 3.05) is 0 Å². The summed E-state index contributed by atoms with van der Waals surface area (Å²) in [7, 11) is 0. The molecule has 0 radical (unpaired) electrons. The number of hydrogen-bond acceptors (Lipinski definition) is 4. The standard InChI is InChI=1S/C16H18N6/c1-10-5-7-20-13-8-11(12-4-2-3-6-19-12)9-14(15(10)13)21-22-16(17)18/h2-7,11H,8-9H2,1H3,(H4,17,18,22)/b21-14+. The molecule has 4 N–H and O–H groups in total. The number of aryl methyl sites for hydroxylation is 1. The minimum Gasteiger partial charge on any atom is -0.369 e. The van der Waals surface area contributed by atoms with Gasteiger partial charge in [-0.1, -0.05) is 6.07 Å². The fourth-order valence-corrected chi connectivity index (χ4v) is 2.84. The van der Waals surface area contributed by atoms with Gasteiger partial charge in [-0.25, -0.2) is 0 Å². The molecule has 112 valence electrons. The number of nitrogens with two attached hydrogens (primary N) is 2. The van der Waals surface area contributed by atoms with Crippen LogP contribution in [0.3, 0.4) is 0 Å². The Kier molecular flexibility index (Phi) is 3.82. The third-order valence-electron chi connectivity index (χ3n) is 3.80. The molecule has 0 saturated heterocycles. The molecule has 6 nitrogen and oxygen atoms in total. The summed E-state index contributed by atoms with van der Waals surface area (Å²) >= 11 is 0. The first kappa shape index (κ1) is 14.2. The van der Waals surface area contributed by atoms with E-state index in [4.69, 9.17) is 11.5 Å². The molecule has 1 unspecified atom stereocenters. The molecule has 0 amide bonds. The Balaban J connectivity index is 2.06. The molecule has 2 heterocycles. The number of fused-ring (bicyclic) bond motifs is 1. The van der Waals surface area contributed by atoms with Crippen molar-refractivity contribution in [1.82, 2.24) is 9.97 Å². The zero-order chi connectivity index (χ0) is 15.5. The van der Waals surface area contributed by atoms with Crippen molar-refractivity contribution in [3.8, 4) is 0 Å². The monoisotopic (exact) mass is 294 g/mol. The summed E-state index contributed by atoms with van der Waals surface area (Å²) in [5, 5.41) is 8.08. The molecule has 6 heteroatoms. The van der Waals surface area contributed by atoms with Gasteiger partial charge in [0.25, 0.3) is 0 Å². The topological polar surface area (TPSA) is 103 Å². The van der Waals surface area contributed by atoms with Crippen LogP contribution in [-0.4, -0.2) is 21.6 Å². The van der Waals surface area contributed by atoms with Gasteiger partial charge in [0.1, 0.15) is 0 Å². The molecule has 0 bridgehead atoms. The van der Waals surface area contributed by atoms with Crippen LogP contribution in [0.4, 0.5) is 0 Å². The van der Waals surface area contributed by atoms with Crippen molar-refractivity contribution in [2.24, 2.45) is 21.7 Å². The fraction of sp³-hybridized carbons (Fsp3) is 0.250. The molecule has 0 aliphatic heterocycles. The molecule has 2 aromatic heterocycles. The molecule has 0 fully saturated rings. The Labute approximate surface area is 129 Å². The minimum atomic E-state index is -0.0458. The third-order valence-corrected chi connectivity index (χ3v) is 3.80. The summed E-state index contributed by atoms with van der Waals surface area (Å²) in [6.07, 6.45) is 5.22. The maximum absolute atomic E-state index is 5.41. The summed E-state index contributed by atoms with van der Waals surface area (Å²) in [6, 6.07) is 7.92. The van der Waals surface area contributed by atoms with E-state index >= 15 is 0 Å². The molecular formula is C16H18N6. The second kappa shape index (κ2) is 5.93. The molecule has 1 atom stereocenters. The average Bonchev–Trinajstić information content (AvgIpc) is 2.53. The number of nitrogens with zero attached hydrogens (tertiary/aromatic N) is 4. The van der Waals surface area contributed by atoms with Gasteiger partial charge in [-0.05, 0) is 37.1 Å². The normalized spacial score (nSPS) is 18.8. The number of hydrogen-bond donors (Lipinski definition) is 2. The molecule has 0 aromatic carbocycles. The van der Waals surface area contributed by atoms with Gasteiger partial charge in [0.2, 0.25) is 5.96 Å². The minimum absolute atomic E-state index is 0.0458. The van der Waals surface area contributed by atoms with Crippen LogP contribution in [0.5, 0.6) is 0 Å². The second-order valence-corrected chi connectivity index (χ2v) is 5.38. The lowest BCUT2D eigenvalue weighted by molar-refractivity contribution is 0.657. The van der Waals surface area contributed by atoms with E-state index in [2.05, 4.69) is 20.2 Å². The first-order valence-corrected chi connectivity index (χ1v) is 7.16. The Hall–Kier alpha value is -2.76. The Bertz CT molecular complexity index is 732. The average molecular weight is 294 g/mol. The zero-order valence-electron chi connectivity index (χ0n) is 12.4. The van der Waals surface area contributed by atoms with Gasteiger partial charge in [-0.15, -0.1) is 5.10 Å². The van der Waals surface area contributed by atoms with Crippen molar-refractivity contribution < 1.29 is 0 Å². The SMILES string of the molecule is Cc1ccnc2c1/C(=N/N=C(N)N)CC(c1ccccn1)C2. The second-order valence-electron chi connectivity index (χ2n) is 5.38. The van der Waals surface area contributed by atoms with Crippen molar-refractivity contribution in [3.05, 3.63) is 59.2 Å². The van der Waals surface area contributed by atoms with Gasteiger partial charge >= 0.3 is 0 Å². The van der Waals surface area contributed by atoms with E-state index in [1.165, 1.54) is 0 Å².